The number of thioether (sulfide) groups is 1. The number of hydrogen-bond donors (Lipinski definition) is 0. The molecule has 5 heteroatoms. The maximum Gasteiger partial charge on any atom is 0.240 e. The number of carbonyl (C=O) groups is 1. The van der Waals surface area contributed by atoms with Gasteiger partial charge in [-0.2, -0.15) is 0 Å². The van der Waals surface area contributed by atoms with Crippen molar-refractivity contribution in [2.75, 3.05) is 10.7 Å². The molecule has 0 radical (unpaired) electrons. The molecule has 0 atom stereocenters. The minimum absolute atomic E-state index is 0.0588. The molecule has 17 heavy (non-hydrogen) atoms. The maximum atomic E-state index is 12.1. The second-order valence-electron chi connectivity index (χ2n) is 4.57. The van der Waals surface area contributed by atoms with Crippen LogP contribution >= 0.6 is 11.8 Å². The van der Waals surface area contributed by atoms with Gasteiger partial charge in [0, 0.05) is 12.4 Å². The summed E-state index contributed by atoms with van der Waals surface area (Å²) in [5.74, 6) is 1.30. The average molecular weight is 249 g/mol. The van der Waals surface area contributed by atoms with Gasteiger partial charge in [-0.15, -0.1) is 11.8 Å². The van der Waals surface area contributed by atoms with E-state index in [1.165, 1.54) is 19.3 Å². The lowest BCUT2D eigenvalue weighted by atomic mass is 9.93. The Morgan fingerprint density at radius 2 is 1.88 bits per heavy atom. The first kappa shape index (κ1) is 11.0. The molecule has 1 aliphatic carbocycles. The molecule has 0 N–H and O–H groups in total. The highest BCUT2D eigenvalue weighted by atomic mass is 32.2. The summed E-state index contributed by atoms with van der Waals surface area (Å²) >= 11 is 1.77. The monoisotopic (exact) mass is 249 g/mol. The molecular weight excluding hydrogens is 234 g/mol. The van der Waals surface area contributed by atoms with Gasteiger partial charge in [0.15, 0.2) is 0 Å². The summed E-state index contributed by atoms with van der Waals surface area (Å²) in [5.41, 5.74) is 0. The molecule has 1 amide bonds. The van der Waals surface area contributed by atoms with Crippen molar-refractivity contribution in [1.29, 1.82) is 0 Å². The normalized spacial score (nSPS) is 23.3. The lowest BCUT2D eigenvalue weighted by molar-refractivity contribution is -0.116. The van der Waals surface area contributed by atoms with Gasteiger partial charge in [0.1, 0.15) is 0 Å². The third-order valence-electron chi connectivity index (χ3n) is 3.51. The minimum atomic E-state index is -0.0588. The first-order chi connectivity index (χ1) is 8.32. The highest BCUT2D eigenvalue weighted by Gasteiger charge is 2.48. The fourth-order valence-corrected chi connectivity index (χ4v) is 4.14. The molecule has 3 rings (SSSR count). The number of aromatic nitrogens is 2. The molecule has 2 heterocycles. The van der Waals surface area contributed by atoms with E-state index in [1.54, 1.807) is 30.2 Å². The number of hydrogen-bond acceptors (Lipinski definition) is 4. The first-order valence-corrected chi connectivity index (χ1v) is 7.04. The van der Waals surface area contributed by atoms with Gasteiger partial charge in [0.05, 0.1) is 10.6 Å². The number of rotatable bonds is 1. The van der Waals surface area contributed by atoms with E-state index in [9.17, 15) is 4.79 Å². The van der Waals surface area contributed by atoms with Crippen LogP contribution in [0.2, 0.25) is 0 Å². The van der Waals surface area contributed by atoms with E-state index in [2.05, 4.69) is 9.97 Å². The van der Waals surface area contributed by atoms with E-state index in [1.807, 2.05) is 4.90 Å². The van der Waals surface area contributed by atoms with E-state index in [4.69, 9.17) is 0 Å². The van der Waals surface area contributed by atoms with Crippen LogP contribution in [0.5, 0.6) is 0 Å². The molecule has 1 aliphatic heterocycles. The Kier molecular flexibility index (Phi) is 2.78. The van der Waals surface area contributed by atoms with Crippen LogP contribution in [-0.2, 0) is 4.79 Å². The standard InChI is InChI=1S/C12H15N3OS/c16-10-9-17-12(5-2-1-3-6-12)15(10)11-13-7-4-8-14-11/h4,7-8H,1-3,5-6,9H2. The highest BCUT2D eigenvalue weighted by molar-refractivity contribution is 8.02. The third kappa shape index (κ3) is 1.82. The van der Waals surface area contributed by atoms with Crippen LogP contribution in [0.4, 0.5) is 5.95 Å². The Hall–Kier alpha value is -1.10. The van der Waals surface area contributed by atoms with E-state index >= 15 is 0 Å². The van der Waals surface area contributed by atoms with Gasteiger partial charge in [0.2, 0.25) is 11.9 Å². The van der Waals surface area contributed by atoms with Crippen molar-refractivity contribution < 1.29 is 4.79 Å². The second-order valence-corrected chi connectivity index (χ2v) is 5.91. The van der Waals surface area contributed by atoms with Crippen molar-refractivity contribution in [2.45, 2.75) is 37.0 Å². The predicted octanol–water partition coefficient (Wildman–Crippen LogP) is 2.22. The van der Waals surface area contributed by atoms with Crippen LogP contribution < -0.4 is 4.90 Å². The molecule has 2 fully saturated rings. The third-order valence-corrected chi connectivity index (χ3v) is 5.03. The van der Waals surface area contributed by atoms with Crippen molar-refractivity contribution in [3.8, 4) is 0 Å². The number of amides is 1. The van der Waals surface area contributed by atoms with Crippen LogP contribution in [0.15, 0.2) is 18.5 Å². The molecule has 1 aromatic heterocycles. The van der Waals surface area contributed by atoms with Gasteiger partial charge in [-0.25, -0.2) is 9.97 Å². The molecule has 4 nitrogen and oxygen atoms in total. The first-order valence-electron chi connectivity index (χ1n) is 6.06. The quantitative estimate of drug-likeness (QED) is 0.765. The maximum absolute atomic E-state index is 12.1. The summed E-state index contributed by atoms with van der Waals surface area (Å²) in [4.78, 5) is 22.3. The van der Waals surface area contributed by atoms with Crippen molar-refractivity contribution >= 4 is 23.6 Å². The van der Waals surface area contributed by atoms with E-state index in [0.717, 1.165) is 12.8 Å². The zero-order valence-electron chi connectivity index (χ0n) is 9.63. The lowest BCUT2D eigenvalue weighted by Crippen LogP contribution is -2.46. The molecule has 2 aliphatic rings. The van der Waals surface area contributed by atoms with Crippen molar-refractivity contribution in [1.82, 2.24) is 9.97 Å². The molecule has 1 saturated carbocycles. The number of nitrogens with zero attached hydrogens (tertiary/aromatic N) is 3. The largest absolute Gasteiger partial charge is 0.273 e. The van der Waals surface area contributed by atoms with E-state index < -0.39 is 0 Å². The van der Waals surface area contributed by atoms with Gasteiger partial charge < -0.3 is 0 Å². The van der Waals surface area contributed by atoms with Gasteiger partial charge in [-0.05, 0) is 18.9 Å². The van der Waals surface area contributed by atoms with Gasteiger partial charge in [0.25, 0.3) is 0 Å². The summed E-state index contributed by atoms with van der Waals surface area (Å²) < 4.78 is 0. The Morgan fingerprint density at radius 3 is 2.59 bits per heavy atom. The topological polar surface area (TPSA) is 46.1 Å². The van der Waals surface area contributed by atoms with Crippen LogP contribution in [0, 0.1) is 0 Å². The van der Waals surface area contributed by atoms with Gasteiger partial charge in [-0.3, -0.25) is 9.69 Å². The number of carbonyl (C=O) groups excluding carboxylic acids is 1. The smallest absolute Gasteiger partial charge is 0.240 e. The van der Waals surface area contributed by atoms with Crippen LogP contribution in [0.25, 0.3) is 0 Å². The molecule has 1 aromatic rings. The summed E-state index contributed by atoms with van der Waals surface area (Å²) in [6.07, 6.45) is 9.22. The van der Waals surface area contributed by atoms with Crippen LogP contribution in [-0.4, -0.2) is 26.5 Å². The SMILES string of the molecule is O=C1CSC2(CCCCC2)N1c1ncccn1. The van der Waals surface area contributed by atoms with Crippen molar-refractivity contribution in [3.05, 3.63) is 18.5 Å². The Labute approximate surface area is 105 Å². The lowest BCUT2D eigenvalue weighted by Gasteiger charge is -2.38. The molecule has 0 bridgehead atoms. The Balaban J connectivity index is 1.97. The zero-order chi connectivity index (χ0) is 11.7. The Morgan fingerprint density at radius 1 is 1.18 bits per heavy atom. The zero-order valence-corrected chi connectivity index (χ0v) is 10.4. The molecule has 1 saturated heterocycles. The van der Waals surface area contributed by atoms with Crippen molar-refractivity contribution in [2.24, 2.45) is 0 Å². The molecular formula is C12H15N3OS. The van der Waals surface area contributed by atoms with E-state index in [0.29, 0.717) is 11.7 Å². The molecule has 90 valence electrons. The predicted molar refractivity (Wildman–Crippen MR) is 67.8 cm³/mol. The Bertz CT molecular complexity index is 417. The molecule has 0 aromatic carbocycles. The summed E-state index contributed by atoms with van der Waals surface area (Å²) in [7, 11) is 0. The summed E-state index contributed by atoms with van der Waals surface area (Å²) in [6, 6.07) is 1.78. The fourth-order valence-electron chi connectivity index (χ4n) is 2.73. The molecule has 1 spiro atoms. The van der Waals surface area contributed by atoms with Gasteiger partial charge >= 0.3 is 0 Å². The molecule has 0 unspecified atom stereocenters. The second kappa shape index (κ2) is 4.29. The van der Waals surface area contributed by atoms with Crippen LogP contribution in [0.3, 0.4) is 0 Å². The number of anilines is 1. The summed E-state index contributed by atoms with van der Waals surface area (Å²) in [5, 5.41) is 0. The van der Waals surface area contributed by atoms with Crippen LogP contribution in [0.1, 0.15) is 32.1 Å². The summed E-state index contributed by atoms with van der Waals surface area (Å²) in [6.45, 7) is 0. The van der Waals surface area contributed by atoms with Gasteiger partial charge in [-0.1, -0.05) is 19.3 Å². The van der Waals surface area contributed by atoms with Crippen molar-refractivity contribution in [3.63, 3.8) is 0 Å². The fraction of sp³-hybridized carbons (Fsp3) is 0.583. The average Bonchev–Trinajstić information content (AvgIpc) is 2.68. The highest BCUT2D eigenvalue weighted by Crippen LogP contribution is 2.47. The minimum Gasteiger partial charge on any atom is -0.273 e. The van der Waals surface area contributed by atoms with E-state index in [-0.39, 0.29) is 10.8 Å².